The zero-order valence-corrected chi connectivity index (χ0v) is 13.2. The van der Waals surface area contributed by atoms with Gasteiger partial charge in [-0.2, -0.15) is 0 Å². The quantitative estimate of drug-likeness (QED) is 0.629. The molecular weight excluding hydrogens is 326 g/mol. The molecule has 0 saturated carbocycles. The second-order valence-electron chi connectivity index (χ2n) is 5.07. The van der Waals surface area contributed by atoms with Gasteiger partial charge in [-0.05, 0) is 46.7 Å². The molecule has 1 atom stereocenters. The van der Waals surface area contributed by atoms with E-state index in [0.717, 1.165) is 26.4 Å². The molecule has 0 radical (unpaired) electrons. The van der Waals surface area contributed by atoms with Crippen molar-refractivity contribution in [2.45, 2.75) is 12.8 Å². The molecule has 0 bridgehead atoms. The fourth-order valence-corrected chi connectivity index (χ4v) is 2.80. The topological polar surface area (TPSA) is 30.0 Å². The van der Waals surface area contributed by atoms with E-state index in [1.165, 1.54) is 0 Å². The monoisotopic (exact) mass is 339 g/mol. The Morgan fingerprint density at radius 1 is 1.00 bits per heavy atom. The van der Waals surface area contributed by atoms with Crippen LogP contribution in [-0.2, 0) is 0 Å². The van der Waals surface area contributed by atoms with Gasteiger partial charge in [-0.25, -0.2) is 0 Å². The van der Waals surface area contributed by atoms with E-state index in [2.05, 4.69) is 27.0 Å². The molecule has 0 amide bonds. The number of carbonyl (C=O) groups excluding carboxylic acids is 1. The Kier molecular flexibility index (Phi) is 3.84. The van der Waals surface area contributed by atoms with E-state index in [1.54, 1.807) is 12.4 Å². The van der Waals surface area contributed by atoms with E-state index in [1.807, 2.05) is 49.4 Å². The lowest BCUT2D eigenvalue weighted by Crippen LogP contribution is -2.09. The third-order valence-corrected chi connectivity index (χ3v) is 4.18. The molecule has 0 spiro atoms. The molecule has 0 aliphatic heterocycles. The van der Waals surface area contributed by atoms with E-state index < -0.39 is 0 Å². The van der Waals surface area contributed by atoms with Crippen molar-refractivity contribution in [1.82, 2.24) is 4.98 Å². The summed E-state index contributed by atoms with van der Waals surface area (Å²) in [5.74, 6) is -0.0353. The van der Waals surface area contributed by atoms with Gasteiger partial charge >= 0.3 is 0 Å². The van der Waals surface area contributed by atoms with Crippen molar-refractivity contribution in [3.8, 4) is 0 Å². The summed E-state index contributed by atoms with van der Waals surface area (Å²) in [4.78, 5) is 16.6. The van der Waals surface area contributed by atoms with Crippen molar-refractivity contribution in [1.29, 1.82) is 0 Å². The number of Topliss-reactive ketones (excluding diaryl/α,β-unsaturated/α-hetero) is 1. The summed E-state index contributed by atoms with van der Waals surface area (Å²) in [5, 5.41) is 2.20. The van der Waals surface area contributed by atoms with Gasteiger partial charge in [0.15, 0.2) is 5.78 Å². The molecule has 2 aromatic carbocycles. The second-order valence-corrected chi connectivity index (χ2v) is 5.99. The SMILES string of the molecule is CC(C(=O)c1ccc2cc(Br)ccc2c1)c1ccncc1. The smallest absolute Gasteiger partial charge is 0.170 e. The molecule has 0 aliphatic carbocycles. The standard InChI is InChI=1S/C18H14BrNO/c1-12(13-6-8-20-9-7-13)18(21)16-3-2-15-11-17(19)5-4-14(15)10-16/h2-12H,1H3. The zero-order valence-electron chi connectivity index (χ0n) is 11.6. The minimum absolute atomic E-state index is 0.131. The van der Waals surface area contributed by atoms with E-state index in [0.29, 0.717) is 0 Å². The molecule has 21 heavy (non-hydrogen) atoms. The van der Waals surface area contributed by atoms with Gasteiger partial charge in [0, 0.05) is 28.3 Å². The Labute approximate surface area is 132 Å². The van der Waals surface area contributed by atoms with Crippen LogP contribution in [0.3, 0.4) is 0 Å². The third kappa shape index (κ3) is 2.88. The molecule has 1 unspecified atom stereocenters. The lowest BCUT2D eigenvalue weighted by molar-refractivity contribution is 0.0966. The highest BCUT2D eigenvalue weighted by molar-refractivity contribution is 9.10. The second kappa shape index (κ2) is 5.78. The van der Waals surface area contributed by atoms with Gasteiger partial charge in [0.25, 0.3) is 0 Å². The van der Waals surface area contributed by atoms with E-state index in [4.69, 9.17) is 0 Å². The normalized spacial score (nSPS) is 12.3. The molecule has 0 saturated heterocycles. The molecule has 1 heterocycles. The van der Waals surface area contributed by atoms with E-state index >= 15 is 0 Å². The van der Waals surface area contributed by atoms with Crippen LogP contribution in [-0.4, -0.2) is 10.8 Å². The summed E-state index contributed by atoms with van der Waals surface area (Å²) in [7, 11) is 0. The molecule has 1 aromatic heterocycles. The maximum Gasteiger partial charge on any atom is 0.170 e. The maximum absolute atomic E-state index is 12.6. The lowest BCUT2D eigenvalue weighted by atomic mass is 9.92. The lowest BCUT2D eigenvalue weighted by Gasteiger charge is -2.11. The Morgan fingerprint density at radius 3 is 2.43 bits per heavy atom. The Morgan fingerprint density at radius 2 is 1.67 bits per heavy atom. The number of benzene rings is 2. The fraction of sp³-hybridized carbons (Fsp3) is 0.111. The van der Waals surface area contributed by atoms with Gasteiger partial charge in [0.1, 0.15) is 0 Å². The van der Waals surface area contributed by atoms with Crippen LogP contribution in [0.15, 0.2) is 65.4 Å². The molecule has 3 heteroatoms. The summed E-state index contributed by atoms with van der Waals surface area (Å²) in [6.45, 7) is 1.93. The van der Waals surface area contributed by atoms with Crippen LogP contribution in [0.4, 0.5) is 0 Å². The summed E-state index contributed by atoms with van der Waals surface area (Å²) in [6, 6.07) is 15.7. The van der Waals surface area contributed by atoms with Gasteiger partial charge in [-0.3, -0.25) is 9.78 Å². The molecule has 3 rings (SSSR count). The molecule has 0 N–H and O–H groups in total. The van der Waals surface area contributed by atoms with Gasteiger partial charge < -0.3 is 0 Å². The van der Waals surface area contributed by atoms with Crippen molar-refractivity contribution >= 4 is 32.5 Å². The summed E-state index contributed by atoms with van der Waals surface area (Å²) in [5.41, 5.74) is 1.74. The first-order valence-electron chi connectivity index (χ1n) is 6.78. The van der Waals surface area contributed by atoms with Gasteiger partial charge in [0.05, 0.1) is 0 Å². The fourth-order valence-electron chi connectivity index (χ4n) is 2.42. The summed E-state index contributed by atoms with van der Waals surface area (Å²) < 4.78 is 1.04. The maximum atomic E-state index is 12.6. The number of carbonyl (C=O) groups is 1. The first-order valence-corrected chi connectivity index (χ1v) is 7.58. The summed E-state index contributed by atoms with van der Waals surface area (Å²) in [6.07, 6.45) is 3.44. The summed E-state index contributed by atoms with van der Waals surface area (Å²) >= 11 is 3.46. The van der Waals surface area contributed by atoms with Crippen molar-refractivity contribution in [3.05, 3.63) is 76.5 Å². The Hall–Kier alpha value is -2.00. The Bertz CT molecular complexity index is 799. The first kappa shape index (κ1) is 14.0. The highest BCUT2D eigenvalue weighted by atomic mass is 79.9. The average Bonchev–Trinajstić information content (AvgIpc) is 2.53. The van der Waals surface area contributed by atoms with Crippen molar-refractivity contribution in [2.24, 2.45) is 0 Å². The third-order valence-electron chi connectivity index (χ3n) is 3.69. The van der Waals surface area contributed by atoms with Gasteiger partial charge in [0.2, 0.25) is 0 Å². The number of pyridine rings is 1. The van der Waals surface area contributed by atoms with Crippen LogP contribution in [0.2, 0.25) is 0 Å². The van der Waals surface area contributed by atoms with E-state index in [9.17, 15) is 4.79 Å². The number of hydrogen-bond donors (Lipinski definition) is 0. The number of nitrogens with zero attached hydrogens (tertiary/aromatic N) is 1. The predicted molar refractivity (Wildman–Crippen MR) is 88.6 cm³/mol. The number of fused-ring (bicyclic) bond motifs is 1. The molecule has 3 aromatic rings. The zero-order chi connectivity index (χ0) is 14.8. The van der Waals surface area contributed by atoms with E-state index in [-0.39, 0.29) is 11.7 Å². The first-order chi connectivity index (χ1) is 10.1. The number of rotatable bonds is 3. The van der Waals surface area contributed by atoms with Crippen LogP contribution in [0, 0.1) is 0 Å². The van der Waals surface area contributed by atoms with Crippen LogP contribution < -0.4 is 0 Å². The Balaban J connectivity index is 1.96. The number of aromatic nitrogens is 1. The number of halogens is 1. The predicted octanol–water partition coefficient (Wildman–Crippen LogP) is 4.98. The van der Waals surface area contributed by atoms with Crippen LogP contribution in [0.1, 0.15) is 28.8 Å². The van der Waals surface area contributed by atoms with Crippen molar-refractivity contribution in [3.63, 3.8) is 0 Å². The van der Waals surface area contributed by atoms with Gasteiger partial charge in [-0.1, -0.05) is 41.1 Å². The molecule has 0 fully saturated rings. The molecule has 0 aliphatic rings. The largest absolute Gasteiger partial charge is 0.294 e. The van der Waals surface area contributed by atoms with Crippen molar-refractivity contribution in [2.75, 3.05) is 0 Å². The average molecular weight is 340 g/mol. The van der Waals surface area contributed by atoms with Crippen molar-refractivity contribution < 1.29 is 4.79 Å². The van der Waals surface area contributed by atoms with Gasteiger partial charge in [-0.15, -0.1) is 0 Å². The highest BCUT2D eigenvalue weighted by Crippen LogP contribution is 2.24. The minimum atomic E-state index is -0.166. The minimum Gasteiger partial charge on any atom is -0.294 e. The molecule has 104 valence electrons. The highest BCUT2D eigenvalue weighted by Gasteiger charge is 2.17. The van der Waals surface area contributed by atoms with Crippen LogP contribution in [0.5, 0.6) is 0 Å². The molecular formula is C18H14BrNO. The number of ketones is 1. The van der Waals surface area contributed by atoms with Crippen LogP contribution in [0.25, 0.3) is 10.8 Å². The molecule has 2 nitrogen and oxygen atoms in total. The number of hydrogen-bond acceptors (Lipinski definition) is 2. The van der Waals surface area contributed by atoms with Crippen LogP contribution >= 0.6 is 15.9 Å².